The van der Waals surface area contributed by atoms with Crippen molar-refractivity contribution in [2.45, 2.75) is 32.6 Å². The van der Waals surface area contributed by atoms with Crippen molar-refractivity contribution in [2.75, 3.05) is 11.9 Å². The lowest BCUT2D eigenvalue weighted by atomic mass is 9.95. The van der Waals surface area contributed by atoms with Gasteiger partial charge in [-0.2, -0.15) is 5.26 Å². The van der Waals surface area contributed by atoms with Crippen molar-refractivity contribution < 1.29 is 14.3 Å². The lowest BCUT2D eigenvalue weighted by Gasteiger charge is -2.12. The number of ether oxygens (including phenoxy) is 1. The van der Waals surface area contributed by atoms with E-state index in [1.807, 2.05) is 6.07 Å². The molecule has 27 heavy (non-hydrogen) atoms. The molecule has 0 saturated carbocycles. The number of carbonyl (C=O) groups is 2. The minimum Gasteiger partial charge on any atom is -0.462 e. The molecule has 1 aliphatic rings. The molecule has 0 atom stereocenters. The van der Waals surface area contributed by atoms with E-state index in [9.17, 15) is 14.9 Å². The average molecular weight is 381 g/mol. The molecule has 1 amide bonds. The van der Waals surface area contributed by atoms with Gasteiger partial charge >= 0.3 is 5.97 Å². The fraction of sp³-hybridized carbons (Fsp3) is 0.300. The van der Waals surface area contributed by atoms with Crippen LogP contribution in [0, 0.1) is 11.3 Å². The first-order chi connectivity index (χ1) is 13.1. The molecule has 2 aromatic rings. The Kier molecular flexibility index (Phi) is 5.99. The zero-order valence-electron chi connectivity index (χ0n) is 14.9. The van der Waals surface area contributed by atoms with Gasteiger partial charge in [0, 0.05) is 17.3 Å². The number of nitriles is 1. The summed E-state index contributed by atoms with van der Waals surface area (Å²) in [4.78, 5) is 30.1. The fourth-order valence-corrected chi connectivity index (χ4v) is 4.29. The van der Waals surface area contributed by atoms with E-state index in [2.05, 4.69) is 10.3 Å². The highest BCUT2D eigenvalue weighted by Gasteiger charge is 2.27. The minimum absolute atomic E-state index is 0.0395. The van der Waals surface area contributed by atoms with E-state index in [0.29, 0.717) is 16.1 Å². The molecule has 3 rings (SSSR count). The Hall–Kier alpha value is -2.98. The summed E-state index contributed by atoms with van der Waals surface area (Å²) in [7, 11) is 0. The van der Waals surface area contributed by atoms with Crippen LogP contribution in [-0.4, -0.2) is 23.5 Å². The van der Waals surface area contributed by atoms with E-state index in [1.165, 1.54) is 17.4 Å². The summed E-state index contributed by atoms with van der Waals surface area (Å²) in [6, 6.07) is 5.34. The smallest absolute Gasteiger partial charge is 0.341 e. The normalized spacial score (nSPS) is 13.4. The van der Waals surface area contributed by atoms with E-state index in [4.69, 9.17) is 4.74 Å². The number of hydrogen-bond donors (Lipinski definition) is 1. The molecule has 0 bridgehead atoms. The van der Waals surface area contributed by atoms with Gasteiger partial charge in [-0.15, -0.1) is 11.3 Å². The second-order valence-electron chi connectivity index (χ2n) is 6.04. The molecule has 6 nitrogen and oxygen atoms in total. The van der Waals surface area contributed by atoms with Gasteiger partial charge in [0.15, 0.2) is 0 Å². The van der Waals surface area contributed by atoms with Gasteiger partial charge in [0.05, 0.1) is 12.2 Å². The number of fused-ring (bicyclic) bond motifs is 1. The predicted molar refractivity (Wildman–Crippen MR) is 103 cm³/mol. The van der Waals surface area contributed by atoms with E-state index in [1.54, 1.807) is 31.5 Å². The summed E-state index contributed by atoms with van der Waals surface area (Å²) >= 11 is 1.40. The first kappa shape index (κ1) is 18.8. The highest BCUT2D eigenvalue weighted by atomic mass is 32.1. The quantitative estimate of drug-likeness (QED) is 0.484. The number of aromatic nitrogens is 1. The van der Waals surface area contributed by atoms with E-state index >= 15 is 0 Å². The van der Waals surface area contributed by atoms with Gasteiger partial charge in [-0.1, -0.05) is 0 Å². The molecule has 0 aromatic carbocycles. The Morgan fingerprint density at radius 1 is 1.33 bits per heavy atom. The number of aryl methyl sites for hydroxylation is 1. The molecular weight excluding hydrogens is 362 g/mol. The van der Waals surface area contributed by atoms with Crippen molar-refractivity contribution in [3.05, 3.63) is 51.7 Å². The molecule has 7 heteroatoms. The van der Waals surface area contributed by atoms with Crippen LogP contribution in [0.1, 0.15) is 46.1 Å². The summed E-state index contributed by atoms with van der Waals surface area (Å²) < 4.78 is 5.19. The number of carbonyl (C=O) groups excluding carboxylic acids is 2. The predicted octanol–water partition coefficient (Wildman–Crippen LogP) is 3.74. The van der Waals surface area contributed by atoms with Crippen LogP contribution >= 0.6 is 11.3 Å². The van der Waals surface area contributed by atoms with Crippen molar-refractivity contribution >= 4 is 34.3 Å². The minimum atomic E-state index is -0.543. The molecule has 0 unspecified atom stereocenters. The topological polar surface area (TPSA) is 92.1 Å². The monoisotopic (exact) mass is 381 g/mol. The lowest BCUT2D eigenvalue weighted by Crippen LogP contribution is -2.16. The molecular formula is C20H19N3O3S. The Morgan fingerprint density at radius 3 is 2.78 bits per heavy atom. The molecule has 0 saturated heterocycles. The lowest BCUT2D eigenvalue weighted by molar-refractivity contribution is -0.112. The van der Waals surface area contributed by atoms with Crippen LogP contribution in [0.4, 0.5) is 5.00 Å². The number of nitrogens with zero attached hydrogens (tertiary/aromatic N) is 2. The molecule has 0 radical (unpaired) electrons. The van der Waals surface area contributed by atoms with Gasteiger partial charge in [-0.3, -0.25) is 9.78 Å². The standard InChI is InChI=1S/C20H19N3O3S/c1-2-26-20(25)17-15-5-3-4-6-16(15)27-19(17)23-18(24)14(12-21)11-13-7-9-22-10-8-13/h7-11H,2-6H2,1H3,(H,23,24). The number of amides is 1. The van der Waals surface area contributed by atoms with Gasteiger partial charge in [0.1, 0.15) is 16.6 Å². The zero-order valence-corrected chi connectivity index (χ0v) is 15.8. The number of thiophene rings is 1. The number of rotatable bonds is 5. The van der Waals surface area contributed by atoms with E-state index in [-0.39, 0.29) is 12.2 Å². The summed E-state index contributed by atoms with van der Waals surface area (Å²) in [5.74, 6) is -0.970. The third-order valence-electron chi connectivity index (χ3n) is 4.26. The maximum absolute atomic E-state index is 12.6. The molecule has 1 N–H and O–H groups in total. The maximum Gasteiger partial charge on any atom is 0.341 e. The average Bonchev–Trinajstić information content (AvgIpc) is 3.04. The summed E-state index contributed by atoms with van der Waals surface area (Å²) in [5, 5.41) is 12.6. The first-order valence-electron chi connectivity index (χ1n) is 8.78. The molecule has 2 heterocycles. The van der Waals surface area contributed by atoms with Crippen LogP contribution in [-0.2, 0) is 22.4 Å². The maximum atomic E-state index is 12.6. The molecule has 0 aliphatic heterocycles. The van der Waals surface area contributed by atoms with Gasteiger partial charge in [-0.05, 0) is 61.9 Å². The molecule has 0 spiro atoms. The van der Waals surface area contributed by atoms with Crippen LogP contribution < -0.4 is 5.32 Å². The van der Waals surface area contributed by atoms with E-state index < -0.39 is 11.9 Å². The van der Waals surface area contributed by atoms with Crippen molar-refractivity contribution in [1.82, 2.24) is 4.98 Å². The highest BCUT2D eigenvalue weighted by molar-refractivity contribution is 7.17. The molecule has 1 aliphatic carbocycles. The summed E-state index contributed by atoms with van der Waals surface area (Å²) in [5.41, 5.74) is 2.07. The fourth-order valence-electron chi connectivity index (χ4n) is 3.02. The Bertz CT molecular complexity index is 926. The van der Waals surface area contributed by atoms with Gasteiger partial charge in [0.2, 0.25) is 0 Å². The molecule has 2 aromatic heterocycles. The Morgan fingerprint density at radius 2 is 2.07 bits per heavy atom. The SMILES string of the molecule is CCOC(=O)c1c(NC(=O)C(C#N)=Cc2ccncc2)sc2c1CCCC2. The van der Waals surface area contributed by atoms with Crippen LogP contribution in [0.25, 0.3) is 6.08 Å². The third kappa shape index (κ3) is 4.23. The van der Waals surface area contributed by atoms with Crippen molar-refractivity contribution in [2.24, 2.45) is 0 Å². The number of hydrogen-bond acceptors (Lipinski definition) is 6. The second kappa shape index (κ2) is 8.60. The van der Waals surface area contributed by atoms with Gasteiger partial charge in [0.25, 0.3) is 5.91 Å². The van der Waals surface area contributed by atoms with Crippen molar-refractivity contribution in [3.63, 3.8) is 0 Å². The first-order valence-corrected chi connectivity index (χ1v) is 9.60. The van der Waals surface area contributed by atoms with Gasteiger partial charge in [-0.25, -0.2) is 4.79 Å². The zero-order chi connectivity index (χ0) is 19.2. The Balaban J connectivity index is 1.91. The number of anilines is 1. The van der Waals surface area contributed by atoms with Crippen molar-refractivity contribution in [3.8, 4) is 6.07 Å². The van der Waals surface area contributed by atoms with Crippen LogP contribution in [0.2, 0.25) is 0 Å². The van der Waals surface area contributed by atoms with Crippen LogP contribution in [0.3, 0.4) is 0 Å². The molecule has 138 valence electrons. The number of esters is 1. The van der Waals surface area contributed by atoms with Gasteiger partial charge < -0.3 is 10.1 Å². The van der Waals surface area contributed by atoms with Crippen molar-refractivity contribution in [1.29, 1.82) is 5.26 Å². The van der Waals surface area contributed by atoms with Crippen LogP contribution in [0.15, 0.2) is 30.1 Å². The third-order valence-corrected chi connectivity index (χ3v) is 5.47. The largest absolute Gasteiger partial charge is 0.462 e. The number of nitrogens with one attached hydrogen (secondary N) is 1. The highest BCUT2D eigenvalue weighted by Crippen LogP contribution is 2.38. The van der Waals surface area contributed by atoms with E-state index in [0.717, 1.165) is 36.1 Å². The number of pyridine rings is 1. The summed E-state index contributed by atoms with van der Waals surface area (Å²) in [6.45, 7) is 2.02. The second-order valence-corrected chi connectivity index (χ2v) is 7.15. The molecule has 0 fully saturated rings. The van der Waals surface area contributed by atoms with Crippen LogP contribution in [0.5, 0.6) is 0 Å². The summed E-state index contributed by atoms with van der Waals surface area (Å²) in [6.07, 6.45) is 8.43. The Labute approximate surface area is 161 Å².